The molecule has 0 radical (unpaired) electrons. The summed E-state index contributed by atoms with van der Waals surface area (Å²) in [6.07, 6.45) is 2.03. The summed E-state index contributed by atoms with van der Waals surface area (Å²) in [6, 6.07) is 10.6. The average Bonchev–Trinajstić information content (AvgIpc) is 2.40. The van der Waals surface area contributed by atoms with Crippen LogP contribution in [0.5, 0.6) is 0 Å². The lowest BCUT2D eigenvalue weighted by Gasteiger charge is -2.39. The normalized spacial score (nSPS) is 19.1. The molecule has 92 valence electrons. The van der Waals surface area contributed by atoms with Gasteiger partial charge in [0.15, 0.2) is 0 Å². The first-order valence-corrected chi connectivity index (χ1v) is 6.19. The summed E-state index contributed by atoms with van der Waals surface area (Å²) in [4.78, 5) is 13.4. The van der Waals surface area contributed by atoms with Crippen LogP contribution < -0.4 is 5.73 Å². The molecule has 1 aliphatic rings. The summed E-state index contributed by atoms with van der Waals surface area (Å²) in [5.41, 5.74) is 6.97. The highest BCUT2D eigenvalue weighted by molar-refractivity contribution is 5.78. The van der Waals surface area contributed by atoms with E-state index < -0.39 is 0 Å². The predicted molar refractivity (Wildman–Crippen MR) is 68.7 cm³/mol. The molecule has 1 aliphatic heterocycles. The number of hydrogen-bond acceptors (Lipinski definition) is 2. The van der Waals surface area contributed by atoms with E-state index in [1.165, 1.54) is 5.56 Å². The van der Waals surface area contributed by atoms with Crippen molar-refractivity contribution < 1.29 is 4.79 Å². The van der Waals surface area contributed by atoms with Crippen molar-refractivity contribution in [3.05, 3.63) is 35.9 Å². The molecule has 3 nitrogen and oxygen atoms in total. The Hall–Kier alpha value is -1.35. The summed E-state index contributed by atoms with van der Waals surface area (Å²) >= 11 is 0. The predicted octanol–water partition coefficient (Wildman–Crippen LogP) is 1.53. The molecule has 0 atom stereocenters. The largest absolute Gasteiger partial charge is 0.342 e. The van der Waals surface area contributed by atoms with E-state index >= 15 is 0 Å². The zero-order valence-corrected chi connectivity index (χ0v) is 10.4. The molecule has 2 rings (SSSR count). The fourth-order valence-electron chi connectivity index (χ4n) is 2.51. The van der Waals surface area contributed by atoms with Crippen molar-refractivity contribution in [2.45, 2.75) is 25.2 Å². The van der Waals surface area contributed by atoms with E-state index in [2.05, 4.69) is 31.2 Å². The number of benzene rings is 1. The van der Waals surface area contributed by atoms with E-state index in [9.17, 15) is 4.79 Å². The second kappa shape index (κ2) is 4.88. The number of nitrogens with two attached hydrogens (primary N) is 1. The van der Waals surface area contributed by atoms with Gasteiger partial charge < -0.3 is 10.6 Å². The summed E-state index contributed by atoms with van der Waals surface area (Å²) in [5.74, 6) is 0.0695. The van der Waals surface area contributed by atoms with Crippen LogP contribution in [0.2, 0.25) is 0 Å². The molecular weight excluding hydrogens is 212 g/mol. The highest BCUT2D eigenvalue weighted by Gasteiger charge is 2.32. The maximum Gasteiger partial charge on any atom is 0.236 e. The molecule has 1 amide bonds. The lowest BCUT2D eigenvalue weighted by atomic mass is 9.74. The highest BCUT2D eigenvalue weighted by atomic mass is 16.2. The molecule has 3 heteroatoms. The van der Waals surface area contributed by atoms with Gasteiger partial charge in [-0.05, 0) is 23.8 Å². The van der Waals surface area contributed by atoms with Crippen LogP contribution in [0.4, 0.5) is 0 Å². The first kappa shape index (κ1) is 12.1. The van der Waals surface area contributed by atoms with Gasteiger partial charge in [0.1, 0.15) is 0 Å². The molecule has 0 bridgehead atoms. The number of carbonyl (C=O) groups is 1. The van der Waals surface area contributed by atoms with Crippen LogP contribution in [0.25, 0.3) is 0 Å². The molecule has 1 aromatic rings. The van der Waals surface area contributed by atoms with E-state index in [0.717, 1.165) is 25.9 Å². The van der Waals surface area contributed by atoms with Crippen molar-refractivity contribution in [2.75, 3.05) is 19.6 Å². The van der Waals surface area contributed by atoms with Gasteiger partial charge in [0.25, 0.3) is 0 Å². The van der Waals surface area contributed by atoms with Crippen LogP contribution in [0, 0.1) is 0 Å². The Morgan fingerprint density at radius 1 is 1.29 bits per heavy atom. The Balaban J connectivity index is 2.05. The maximum absolute atomic E-state index is 11.5. The van der Waals surface area contributed by atoms with Crippen molar-refractivity contribution in [3.8, 4) is 0 Å². The second-order valence-corrected chi connectivity index (χ2v) is 5.01. The quantitative estimate of drug-likeness (QED) is 0.840. The maximum atomic E-state index is 11.5. The van der Waals surface area contributed by atoms with E-state index in [-0.39, 0.29) is 17.9 Å². The number of hydrogen-bond donors (Lipinski definition) is 1. The van der Waals surface area contributed by atoms with Gasteiger partial charge in [0.2, 0.25) is 5.91 Å². The number of nitrogens with zero attached hydrogens (tertiary/aromatic N) is 1. The molecule has 1 fully saturated rings. The Labute approximate surface area is 103 Å². The molecule has 0 aliphatic carbocycles. The second-order valence-electron chi connectivity index (χ2n) is 5.01. The van der Waals surface area contributed by atoms with Crippen molar-refractivity contribution in [2.24, 2.45) is 5.73 Å². The number of amides is 1. The average molecular weight is 232 g/mol. The van der Waals surface area contributed by atoms with Crippen molar-refractivity contribution >= 4 is 5.91 Å². The Bertz CT molecular complexity index is 380. The number of rotatable bonds is 2. The van der Waals surface area contributed by atoms with Gasteiger partial charge in [0.05, 0.1) is 6.54 Å². The highest BCUT2D eigenvalue weighted by Crippen LogP contribution is 2.34. The minimum atomic E-state index is 0.0695. The van der Waals surface area contributed by atoms with Gasteiger partial charge in [-0.1, -0.05) is 37.3 Å². The van der Waals surface area contributed by atoms with E-state index in [1.54, 1.807) is 0 Å². The monoisotopic (exact) mass is 232 g/mol. The smallest absolute Gasteiger partial charge is 0.236 e. The van der Waals surface area contributed by atoms with Crippen LogP contribution in [0.1, 0.15) is 25.3 Å². The molecule has 0 aromatic heterocycles. The van der Waals surface area contributed by atoms with E-state index in [4.69, 9.17) is 5.73 Å². The third-order valence-corrected chi connectivity index (χ3v) is 3.87. The lowest BCUT2D eigenvalue weighted by molar-refractivity contribution is -0.131. The van der Waals surface area contributed by atoms with Crippen molar-refractivity contribution in [3.63, 3.8) is 0 Å². The third-order valence-electron chi connectivity index (χ3n) is 3.87. The minimum Gasteiger partial charge on any atom is -0.342 e. The topological polar surface area (TPSA) is 46.3 Å². The number of carbonyl (C=O) groups excluding carboxylic acids is 1. The fraction of sp³-hybridized carbons (Fsp3) is 0.500. The van der Waals surface area contributed by atoms with Crippen LogP contribution in [-0.2, 0) is 10.2 Å². The van der Waals surface area contributed by atoms with Gasteiger partial charge in [-0.15, -0.1) is 0 Å². The molecule has 0 saturated carbocycles. The summed E-state index contributed by atoms with van der Waals surface area (Å²) in [6.45, 7) is 4.05. The zero-order valence-electron chi connectivity index (χ0n) is 10.4. The Morgan fingerprint density at radius 3 is 2.41 bits per heavy atom. The number of likely N-dealkylation sites (tertiary alicyclic amines) is 1. The van der Waals surface area contributed by atoms with Crippen LogP contribution in [-0.4, -0.2) is 30.4 Å². The Kier molecular flexibility index (Phi) is 3.48. The molecule has 1 aromatic carbocycles. The van der Waals surface area contributed by atoms with Crippen LogP contribution >= 0.6 is 0 Å². The third kappa shape index (κ3) is 2.50. The minimum absolute atomic E-state index is 0.0695. The molecule has 17 heavy (non-hydrogen) atoms. The van der Waals surface area contributed by atoms with Crippen molar-refractivity contribution in [1.29, 1.82) is 0 Å². The zero-order chi connectivity index (χ0) is 12.3. The first-order chi connectivity index (χ1) is 8.15. The lowest BCUT2D eigenvalue weighted by Crippen LogP contribution is -2.45. The van der Waals surface area contributed by atoms with Crippen LogP contribution in [0.3, 0.4) is 0 Å². The summed E-state index contributed by atoms with van der Waals surface area (Å²) in [5, 5.41) is 0. The van der Waals surface area contributed by atoms with Crippen LogP contribution in [0.15, 0.2) is 30.3 Å². The first-order valence-electron chi connectivity index (χ1n) is 6.19. The molecule has 0 unspecified atom stereocenters. The van der Waals surface area contributed by atoms with Gasteiger partial charge in [0, 0.05) is 13.1 Å². The van der Waals surface area contributed by atoms with Gasteiger partial charge >= 0.3 is 0 Å². The molecule has 1 heterocycles. The van der Waals surface area contributed by atoms with E-state index in [0.29, 0.717) is 0 Å². The SMILES string of the molecule is CC1(c2ccccc2)CCN(C(=O)CN)CC1. The fourth-order valence-corrected chi connectivity index (χ4v) is 2.51. The molecule has 0 spiro atoms. The number of piperidine rings is 1. The van der Waals surface area contributed by atoms with Crippen molar-refractivity contribution in [1.82, 2.24) is 4.90 Å². The van der Waals surface area contributed by atoms with Gasteiger partial charge in [-0.3, -0.25) is 4.79 Å². The summed E-state index contributed by atoms with van der Waals surface area (Å²) < 4.78 is 0. The Morgan fingerprint density at radius 2 is 1.88 bits per heavy atom. The van der Waals surface area contributed by atoms with E-state index in [1.807, 2.05) is 11.0 Å². The summed E-state index contributed by atoms with van der Waals surface area (Å²) in [7, 11) is 0. The van der Waals surface area contributed by atoms with Gasteiger partial charge in [-0.25, -0.2) is 0 Å². The molecular formula is C14H20N2O. The molecule has 2 N–H and O–H groups in total. The van der Waals surface area contributed by atoms with Gasteiger partial charge in [-0.2, -0.15) is 0 Å². The standard InChI is InChI=1S/C14H20N2O/c1-14(12-5-3-2-4-6-12)7-9-16(10-8-14)13(17)11-15/h2-6H,7-11,15H2,1H3. The molecule has 1 saturated heterocycles.